The summed E-state index contributed by atoms with van der Waals surface area (Å²) in [5.41, 5.74) is 2.82. The van der Waals surface area contributed by atoms with Crippen LogP contribution in [-0.4, -0.2) is 33.6 Å². The second-order valence-corrected chi connectivity index (χ2v) is 5.02. The molecule has 1 aliphatic heterocycles. The van der Waals surface area contributed by atoms with Crippen molar-refractivity contribution < 1.29 is 9.90 Å². The Morgan fingerprint density at radius 2 is 2.21 bits per heavy atom. The molecule has 0 spiro atoms. The third kappa shape index (κ3) is 2.87. The van der Waals surface area contributed by atoms with Gasteiger partial charge in [-0.3, -0.25) is 14.5 Å². The Bertz CT molecular complexity index is 548. The molecule has 2 rings (SSSR count). The molecule has 1 aromatic heterocycles. The molecule has 0 bridgehead atoms. The van der Waals surface area contributed by atoms with E-state index >= 15 is 0 Å². The van der Waals surface area contributed by atoms with E-state index in [1.54, 1.807) is 11.6 Å². The fourth-order valence-electron chi connectivity index (χ4n) is 2.65. The van der Waals surface area contributed by atoms with E-state index in [-0.39, 0.29) is 12.0 Å². The standard InChI is InChI=1S/C14H20N2O3/c1-3-16-7-6-12-11(9-16)8-10(4-5-13(17)18)14(19)15(12)2/h8H,3-7,9H2,1-2H3,(H,17,18). The molecule has 1 aliphatic rings. The Balaban J connectivity index is 2.34. The molecule has 0 fully saturated rings. The highest BCUT2D eigenvalue weighted by Crippen LogP contribution is 2.18. The van der Waals surface area contributed by atoms with E-state index in [0.29, 0.717) is 12.0 Å². The third-order valence-electron chi connectivity index (χ3n) is 3.82. The lowest BCUT2D eigenvalue weighted by atomic mass is 10.0. The predicted octanol–water partition coefficient (Wildman–Crippen LogP) is 0.780. The summed E-state index contributed by atoms with van der Waals surface area (Å²) in [5.74, 6) is -0.866. The summed E-state index contributed by atoms with van der Waals surface area (Å²) in [5, 5.41) is 8.74. The van der Waals surface area contributed by atoms with Gasteiger partial charge < -0.3 is 9.67 Å². The van der Waals surface area contributed by atoms with Crippen LogP contribution in [0.2, 0.25) is 0 Å². The van der Waals surface area contributed by atoms with Gasteiger partial charge in [-0.2, -0.15) is 0 Å². The zero-order valence-electron chi connectivity index (χ0n) is 11.5. The molecule has 0 aliphatic carbocycles. The van der Waals surface area contributed by atoms with Crippen molar-refractivity contribution in [3.63, 3.8) is 0 Å². The van der Waals surface area contributed by atoms with Gasteiger partial charge in [0.05, 0.1) is 0 Å². The first-order valence-electron chi connectivity index (χ1n) is 6.67. The topological polar surface area (TPSA) is 62.5 Å². The van der Waals surface area contributed by atoms with E-state index < -0.39 is 5.97 Å². The van der Waals surface area contributed by atoms with Gasteiger partial charge in [-0.05, 0) is 24.6 Å². The minimum Gasteiger partial charge on any atom is -0.481 e. The van der Waals surface area contributed by atoms with Crippen LogP contribution >= 0.6 is 0 Å². The molecule has 0 unspecified atom stereocenters. The van der Waals surface area contributed by atoms with Gasteiger partial charge in [0, 0.05) is 44.2 Å². The van der Waals surface area contributed by atoms with E-state index in [0.717, 1.165) is 37.3 Å². The lowest BCUT2D eigenvalue weighted by Crippen LogP contribution is -2.36. The van der Waals surface area contributed by atoms with Crippen molar-refractivity contribution in [2.45, 2.75) is 32.7 Å². The van der Waals surface area contributed by atoms with Gasteiger partial charge in [0.25, 0.3) is 5.56 Å². The van der Waals surface area contributed by atoms with Crippen LogP contribution in [0.3, 0.4) is 0 Å². The van der Waals surface area contributed by atoms with E-state index in [1.165, 1.54) is 0 Å². The first kappa shape index (κ1) is 13.8. The second-order valence-electron chi connectivity index (χ2n) is 5.02. The molecule has 5 nitrogen and oxygen atoms in total. The fourth-order valence-corrected chi connectivity index (χ4v) is 2.65. The van der Waals surface area contributed by atoms with Gasteiger partial charge in [0.2, 0.25) is 0 Å². The molecule has 5 heteroatoms. The number of likely N-dealkylation sites (N-methyl/N-ethyl adjacent to an activating group) is 1. The molecule has 0 aromatic carbocycles. The van der Waals surface area contributed by atoms with Crippen molar-refractivity contribution in [2.24, 2.45) is 7.05 Å². The summed E-state index contributed by atoms with van der Waals surface area (Å²) < 4.78 is 1.69. The summed E-state index contributed by atoms with van der Waals surface area (Å²) in [6.45, 7) is 4.94. The summed E-state index contributed by atoms with van der Waals surface area (Å²) in [6.07, 6.45) is 1.20. The smallest absolute Gasteiger partial charge is 0.303 e. The minimum atomic E-state index is -0.866. The molecular formula is C14H20N2O3. The lowest BCUT2D eigenvalue weighted by Gasteiger charge is -2.29. The van der Waals surface area contributed by atoms with Crippen molar-refractivity contribution in [2.75, 3.05) is 13.1 Å². The number of fused-ring (bicyclic) bond motifs is 1. The Hall–Kier alpha value is -1.62. The van der Waals surface area contributed by atoms with Crippen molar-refractivity contribution in [1.82, 2.24) is 9.47 Å². The molecule has 1 N–H and O–H groups in total. The number of hydrogen-bond donors (Lipinski definition) is 1. The first-order chi connectivity index (χ1) is 9.02. The molecular weight excluding hydrogens is 244 g/mol. The Labute approximate surface area is 112 Å². The summed E-state index contributed by atoms with van der Waals surface area (Å²) >= 11 is 0. The zero-order valence-corrected chi connectivity index (χ0v) is 11.5. The predicted molar refractivity (Wildman–Crippen MR) is 72.3 cm³/mol. The van der Waals surface area contributed by atoms with Gasteiger partial charge in [-0.25, -0.2) is 0 Å². The van der Waals surface area contributed by atoms with Gasteiger partial charge in [0.15, 0.2) is 0 Å². The molecule has 2 heterocycles. The third-order valence-corrected chi connectivity index (χ3v) is 3.82. The largest absolute Gasteiger partial charge is 0.481 e. The van der Waals surface area contributed by atoms with Crippen LogP contribution in [0.15, 0.2) is 10.9 Å². The molecule has 0 atom stereocenters. The number of nitrogens with zero attached hydrogens (tertiary/aromatic N) is 2. The number of carboxylic acids is 1. The monoisotopic (exact) mass is 264 g/mol. The van der Waals surface area contributed by atoms with E-state index in [2.05, 4.69) is 11.8 Å². The average molecular weight is 264 g/mol. The highest BCUT2D eigenvalue weighted by Gasteiger charge is 2.19. The van der Waals surface area contributed by atoms with Crippen LogP contribution in [0.25, 0.3) is 0 Å². The van der Waals surface area contributed by atoms with E-state index in [4.69, 9.17) is 5.11 Å². The maximum absolute atomic E-state index is 12.2. The number of rotatable bonds is 4. The Morgan fingerprint density at radius 1 is 1.47 bits per heavy atom. The molecule has 0 saturated carbocycles. The highest BCUT2D eigenvalue weighted by molar-refractivity contribution is 5.67. The maximum Gasteiger partial charge on any atom is 0.303 e. The second kappa shape index (κ2) is 5.57. The van der Waals surface area contributed by atoms with E-state index in [1.807, 2.05) is 6.07 Å². The van der Waals surface area contributed by atoms with Crippen LogP contribution in [-0.2, 0) is 31.2 Å². The number of carbonyl (C=O) groups is 1. The minimum absolute atomic E-state index is 0.00547. The van der Waals surface area contributed by atoms with Crippen LogP contribution in [0, 0.1) is 0 Å². The van der Waals surface area contributed by atoms with Gasteiger partial charge in [0.1, 0.15) is 0 Å². The van der Waals surface area contributed by atoms with Crippen molar-refractivity contribution in [1.29, 1.82) is 0 Å². The van der Waals surface area contributed by atoms with Gasteiger partial charge >= 0.3 is 5.97 Å². The summed E-state index contributed by atoms with van der Waals surface area (Å²) in [7, 11) is 1.78. The van der Waals surface area contributed by atoms with Crippen LogP contribution in [0.4, 0.5) is 0 Å². The van der Waals surface area contributed by atoms with E-state index in [9.17, 15) is 9.59 Å². The van der Waals surface area contributed by atoms with Gasteiger partial charge in [-0.15, -0.1) is 0 Å². The molecule has 0 saturated heterocycles. The average Bonchev–Trinajstić information content (AvgIpc) is 2.40. The SMILES string of the molecule is CCN1CCc2c(cc(CCC(=O)O)c(=O)n2C)C1. The molecule has 0 amide bonds. The van der Waals surface area contributed by atoms with Crippen LogP contribution in [0.5, 0.6) is 0 Å². The molecule has 0 radical (unpaired) electrons. The fraction of sp³-hybridized carbons (Fsp3) is 0.571. The molecule has 104 valence electrons. The maximum atomic E-state index is 12.2. The van der Waals surface area contributed by atoms with Gasteiger partial charge in [-0.1, -0.05) is 6.92 Å². The van der Waals surface area contributed by atoms with Crippen molar-refractivity contribution in [3.05, 3.63) is 33.2 Å². The number of carboxylic acid groups (broad SMARTS) is 1. The van der Waals surface area contributed by atoms with Crippen molar-refractivity contribution >= 4 is 5.97 Å². The number of aliphatic carboxylic acids is 1. The highest BCUT2D eigenvalue weighted by atomic mass is 16.4. The summed E-state index contributed by atoms with van der Waals surface area (Å²) in [6, 6.07) is 1.91. The van der Waals surface area contributed by atoms with Crippen molar-refractivity contribution in [3.8, 4) is 0 Å². The number of aryl methyl sites for hydroxylation is 1. The molecule has 1 aromatic rings. The number of pyridine rings is 1. The molecule has 19 heavy (non-hydrogen) atoms. The lowest BCUT2D eigenvalue weighted by molar-refractivity contribution is -0.136. The van der Waals surface area contributed by atoms with Crippen LogP contribution in [0.1, 0.15) is 30.2 Å². The van der Waals surface area contributed by atoms with Crippen LogP contribution < -0.4 is 5.56 Å². The number of aromatic nitrogens is 1. The first-order valence-corrected chi connectivity index (χ1v) is 6.67. The zero-order chi connectivity index (χ0) is 14.0. The Morgan fingerprint density at radius 3 is 2.84 bits per heavy atom. The number of hydrogen-bond acceptors (Lipinski definition) is 3. The summed E-state index contributed by atoms with van der Waals surface area (Å²) in [4.78, 5) is 25.1. The Kier molecular flexibility index (Phi) is 4.04. The quantitative estimate of drug-likeness (QED) is 0.873. The normalized spacial score (nSPS) is 15.3.